The summed E-state index contributed by atoms with van der Waals surface area (Å²) < 4.78 is 0. The maximum atomic E-state index is 9.12. The topological polar surface area (TPSA) is 20.2 Å². The van der Waals surface area contributed by atoms with Crippen LogP contribution in [-0.4, -0.2) is 11.2 Å². The van der Waals surface area contributed by atoms with Gasteiger partial charge in [0.05, 0.1) is 6.10 Å². The minimum absolute atomic E-state index is 0.138. The molecule has 1 nitrogen and oxygen atoms in total. The smallest absolute Gasteiger partial charge is 0.0574 e. The van der Waals surface area contributed by atoms with Gasteiger partial charge in [0, 0.05) is 0 Å². The molecule has 0 unspecified atom stereocenters. The molecule has 0 spiro atoms. The van der Waals surface area contributed by atoms with Gasteiger partial charge in [-0.05, 0) is 26.7 Å². The van der Waals surface area contributed by atoms with E-state index in [0.29, 0.717) is 0 Å². The predicted octanol–water partition coefficient (Wildman–Crippen LogP) is 2.11. The number of aliphatic hydroxyl groups is 1. The van der Waals surface area contributed by atoms with E-state index in [4.69, 9.17) is 5.11 Å². The lowest BCUT2D eigenvalue weighted by atomic mass is 10.1. The highest BCUT2D eigenvalue weighted by Crippen LogP contribution is 2.05. The molecular formula is C8H16O. The van der Waals surface area contributed by atoms with Gasteiger partial charge in [-0.3, -0.25) is 0 Å². The van der Waals surface area contributed by atoms with Crippen LogP contribution >= 0.6 is 0 Å². The van der Waals surface area contributed by atoms with Crippen molar-refractivity contribution in [3.63, 3.8) is 0 Å². The Hall–Kier alpha value is -0.300. The molecule has 0 amide bonds. The first kappa shape index (κ1) is 8.70. The zero-order chi connectivity index (χ0) is 7.28. The van der Waals surface area contributed by atoms with Crippen molar-refractivity contribution in [2.24, 2.45) is 0 Å². The fourth-order valence-corrected chi connectivity index (χ4v) is 0.634. The lowest BCUT2D eigenvalue weighted by Crippen LogP contribution is -2.03. The second-order valence-corrected chi connectivity index (χ2v) is 2.40. The molecule has 0 heterocycles. The molecule has 0 aliphatic rings. The summed E-state index contributed by atoms with van der Waals surface area (Å²) in [5.41, 5.74) is 1.27. The van der Waals surface area contributed by atoms with Crippen molar-refractivity contribution < 1.29 is 5.11 Å². The van der Waals surface area contributed by atoms with Crippen LogP contribution in [0.4, 0.5) is 0 Å². The second-order valence-electron chi connectivity index (χ2n) is 2.40. The molecule has 1 heteroatoms. The highest BCUT2D eigenvalue weighted by atomic mass is 16.3. The van der Waals surface area contributed by atoms with E-state index in [1.807, 2.05) is 26.8 Å². The Morgan fingerprint density at radius 3 is 2.56 bits per heavy atom. The van der Waals surface area contributed by atoms with Crippen LogP contribution < -0.4 is 0 Å². The third kappa shape index (κ3) is 4.22. The number of allylic oxidation sites excluding steroid dienone is 1. The summed E-state index contributed by atoms with van der Waals surface area (Å²) in [5, 5.41) is 9.12. The van der Waals surface area contributed by atoms with Gasteiger partial charge < -0.3 is 5.11 Å². The number of hydrogen-bond donors (Lipinski definition) is 1. The molecular weight excluding hydrogens is 112 g/mol. The molecule has 0 fully saturated rings. The van der Waals surface area contributed by atoms with Crippen LogP contribution in [0.1, 0.15) is 33.6 Å². The zero-order valence-corrected chi connectivity index (χ0v) is 6.52. The molecule has 54 valence electrons. The van der Waals surface area contributed by atoms with E-state index in [9.17, 15) is 0 Å². The minimum atomic E-state index is -0.138. The summed E-state index contributed by atoms with van der Waals surface area (Å²) in [4.78, 5) is 0. The van der Waals surface area contributed by atoms with Gasteiger partial charge in [0.1, 0.15) is 0 Å². The summed E-state index contributed by atoms with van der Waals surface area (Å²) in [6.45, 7) is 6.03. The van der Waals surface area contributed by atoms with Gasteiger partial charge in [0.15, 0.2) is 0 Å². The van der Waals surface area contributed by atoms with Crippen LogP contribution in [0.2, 0.25) is 0 Å². The van der Waals surface area contributed by atoms with Crippen LogP contribution in [0.3, 0.4) is 0 Å². The van der Waals surface area contributed by atoms with Crippen LogP contribution in [0.25, 0.3) is 0 Å². The molecule has 0 aromatic heterocycles. The highest BCUT2D eigenvalue weighted by molar-refractivity contribution is 4.96. The first-order valence-corrected chi connectivity index (χ1v) is 3.50. The molecule has 0 radical (unpaired) electrons. The lowest BCUT2D eigenvalue weighted by molar-refractivity contribution is 0.170. The summed E-state index contributed by atoms with van der Waals surface area (Å²) in [6.07, 6.45) is 3.58. The molecule has 1 atom stereocenters. The number of aliphatic hydroxyl groups excluding tert-OH is 1. The SMILES string of the molecule is C/C=C(/C)C[C@@H](O)CC. The summed E-state index contributed by atoms with van der Waals surface area (Å²) >= 11 is 0. The summed E-state index contributed by atoms with van der Waals surface area (Å²) in [6, 6.07) is 0. The number of rotatable bonds is 3. The third-order valence-corrected chi connectivity index (χ3v) is 1.52. The zero-order valence-electron chi connectivity index (χ0n) is 6.52. The molecule has 0 saturated carbocycles. The molecule has 0 aromatic carbocycles. The van der Waals surface area contributed by atoms with Gasteiger partial charge in [0.2, 0.25) is 0 Å². The fraction of sp³-hybridized carbons (Fsp3) is 0.750. The summed E-state index contributed by atoms with van der Waals surface area (Å²) in [7, 11) is 0. The molecule has 0 aliphatic carbocycles. The van der Waals surface area contributed by atoms with Crippen molar-refractivity contribution in [1.29, 1.82) is 0 Å². The normalized spacial score (nSPS) is 15.8. The monoisotopic (exact) mass is 128 g/mol. The fourth-order valence-electron chi connectivity index (χ4n) is 0.634. The van der Waals surface area contributed by atoms with Crippen molar-refractivity contribution in [2.75, 3.05) is 0 Å². The van der Waals surface area contributed by atoms with Gasteiger partial charge >= 0.3 is 0 Å². The molecule has 0 bridgehead atoms. The van der Waals surface area contributed by atoms with E-state index < -0.39 is 0 Å². The Morgan fingerprint density at radius 2 is 2.22 bits per heavy atom. The largest absolute Gasteiger partial charge is 0.393 e. The minimum Gasteiger partial charge on any atom is -0.393 e. The Balaban J connectivity index is 3.47. The first-order chi connectivity index (χ1) is 4.20. The second kappa shape index (κ2) is 4.57. The van der Waals surface area contributed by atoms with Crippen molar-refractivity contribution in [1.82, 2.24) is 0 Å². The Labute approximate surface area is 57.4 Å². The van der Waals surface area contributed by atoms with Gasteiger partial charge in [-0.1, -0.05) is 18.6 Å². The first-order valence-electron chi connectivity index (χ1n) is 3.50. The lowest BCUT2D eigenvalue weighted by Gasteiger charge is -2.05. The quantitative estimate of drug-likeness (QED) is 0.577. The average molecular weight is 128 g/mol. The van der Waals surface area contributed by atoms with Crippen LogP contribution in [-0.2, 0) is 0 Å². The van der Waals surface area contributed by atoms with Crippen LogP contribution in [0, 0.1) is 0 Å². The standard InChI is InChI=1S/C8H16O/c1-4-7(3)6-8(9)5-2/h4,8-9H,5-6H2,1-3H3/b7-4-/t8-/m0/s1. The van der Waals surface area contributed by atoms with Gasteiger partial charge in [-0.15, -0.1) is 0 Å². The molecule has 1 N–H and O–H groups in total. The highest BCUT2D eigenvalue weighted by Gasteiger charge is 1.98. The van der Waals surface area contributed by atoms with Gasteiger partial charge in [0.25, 0.3) is 0 Å². The van der Waals surface area contributed by atoms with Gasteiger partial charge in [-0.25, -0.2) is 0 Å². The van der Waals surface area contributed by atoms with Crippen LogP contribution in [0.5, 0.6) is 0 Å². The van der Waals surface area contributed by atoms with Crippen molar-refractivity contribution in [3.05, 3.63) is 11.6 Å². The van der Waals surface area contributed by atoms with E-state index in [1.54, 1.807) is 0 Å². The van der Waals surface area contributed by atoms with Gasteiger partial charge in [-0.2, -0.15) is 0 Å². The molecule has 0 aromatic rings. The van der Waals surface area contributed by atoms with E-state index in [1.165, 1.54) is 5.57 Å². The Kier molecular flexibility index (Phi) is 4.41. The number of hydrogen-bond acceptors (Lipinski definition) is 1. The molecule has 0 rings (SSSR count). The predicted molar refractivity (Wildman–Crippen MR) is 40.3 cm³/mol. The Morgan fingerprint density at radius 1 is 1.67 bits per heavy atom. The maximum absolute atomic E-state index is 9.12. The van der Waals surface area contributed by atoms with E-state index >= 15 is 0 Å². The van der Waals surface area contributed by atoms with Crippen molar-refractivity contribution in [3.8, 4) is 0 Å². The molecule has 0 saturated heterocycles. The van der Waals surface area contributed by atoms with Crippen molar-refractivity contribution >= 4 is 0 Å². The average Bonchev–Trinajstić information content (AvgIpc) is 1.87. The molecule has 0 aliphatic heterocycles. The van der Waals surface area contributed by atoms with Crippen LogP contribution in [0.15, 0.2) is 11.6 Å². The van der Waals surface area contributed by atoms with E-state index in [2.05, 4.69) is 0 Å². The maximum Gasteiger partial charge on any atom is 0.0574 e. The Bertz CT molecular complexity index is 94.7. The summed E-state index contributed by atoms with van der Waals surface area (Å²) in [5.74, 6) is 0. The third-order valence-electron chi connectivity index (χ3n) is 1.52. The van der Waals surface area contributed by atoms with E-state index in [0.717, 1.165) is 12.8 Å². The van der Waals surface area contributed by atoms with Crippen molar-refractivity contribution in [2.45, 2.75) is 39.7 Å². The molecule has 9 heavy (non-hydrogen) atoms. The van der Waals surface area contributed by atoms with E-state index in [-0.39, 0.29) is 6.10 Å².